The Balaban J connectivity index is 1.45. The van der Waals surface area contributed by atoms with Gasteiger partial charge in [-0.25, -0.2) is 0 Å². The minimum Gasteiger partial charge on any atom is -0.370 e. The van der Waals surface area contributed by atoms with E-state index in [9.17, 15) is 9.59 Å². The minimum absolute atomic E-state index is 0.0287. The zero-order chi connectivity index (χ0) is 20.9. The van der Waals surface area contributed by atoms with Crippen molar-refractivity contribution in [2.45, 2.75) is 11.4 Å². The van der Waals surface area contributed by atoms with Crippen molar-refractivity contribution in [3.05, 3.63) is 58.6 Å². The standard InChI is InChI=1S/C22H24ClN3O3S/c23-18-3-1-2-16(12-18)14-26-19-13-17(4-5-20(19)30-15-21(26)27)22(28)24-6-7-25-8-10-29-11-9-25/h1-5,12-13H,6-11,14-15H2,(H,24,28)/p+1. The van der Waals surface area contributed by atoms with Gasteiger partial charge in [-0.15, -0.1) is 11.8 Å². The highest BCUT2D eigenvalue weighted by atomic mass is 35.5. The second-order valence-corrected chi connectivity index (χ2v) is 8.90. The number of carbonyl (C=O) groups is 2. The van der Waals surface area contributed by atoms with Crippen LogP contribution < -0.4 is 15.1 Å². The van der Waals surface area contributed by atoms with Crippen LogP contribution in [-0.2, 0) is 16.1 Å². The number of anilines is 1. The number of benzene rings is 2. The van der Waals surface area contributed by atoms with Crippen molar-refractivity contribution in [1.29, 1.82) is 0 Å². The number of nitrogens with zero attached hydrogens (tertiary/aromatic N) is 1. The third-order valence-electron chi connectivity index (χ3n) is 5.36. The number of thioether (sulfide) groups is 1. The summed E-state index contributed by atoms with van der Waals surface area (Å²) in [6, 6.07) is 13.1. The molecular weight excluding hydrogens is 422 g/mol. The molecule has 0 radical (unpaired) electrons. The molecule has 2 aromatic rings. The highest BCUT2D eigenvalue weighted by Gasteiger charge is 2.26. The van der Waals surface area contributed by atoms with E-state index >= 15 is 0 Å². The van der Waals surface area contributed by atoms with Gasteiger partial charge in [-0.1, -0.05) is 23.7 Å². The van der Waals surface area contributed by atoms with Crippen LogP contribution in [-0.4, -0.2) is 57.0 Å². The van der Waals surface area contributed by atoms with E-state index in [0.29, 0.717) is 29.4 Å². The predicted octanol–water partition coefficient (Wildman–Crippen LogP) is 1.62. The Hall–Kier alpha value is -2.06. The summed E-state index contributed by atoms with van der Waals surface area (Å²) in [4.78, 5) is 29.5. The summed E-state index contributed by atoms with van der Waals surface area (Å²) in [7, 11) is 0. The number of ether oxygens (including phenoxy) is 1. The summed E-state index contributed by atoms with van der Waals surface area (Å²) in [5.74, 6) is 0.304. The van der Waals surface area contributed by atoms with Gasteiger partial charge in [0.15, 0.2) is 0 Å². The molecule has 2 aliphatic rings. The van der Waals surface area contributed by atoms with Crippen molar-refractivity contribution in [2.24, 2.45) is 0 Å². The van der Waals surface area contributed by atoms with Gasteiger partial charge in [0.05, 0.1) is 44.3 Å². The molecule has 0 bridgehead atoms. The van der Waals surface area contributed by atoms with Crippen molar-refractivity contribution in [3.63, 3.8) is 0 Å². The lowest BCUT2D eigenvalue weighted by molar-refractivity contribution is -0.906. The van der Waals surface area contributed by atoms with Gasteiger partial charge in [0.2, 0.25) is 5.91 Å². The molecular formula is C22H25ClN3O3S+. The van der Waals surface area contributed by atoms with Crippen LogP contribution in [0.25, 0.3) is 0 Å². The fourth-order valence-corrected chi connectivity index (χ4v) is 4.83. The molecule has 0 aromatic heterocycles. The molecule has 0 atom stereocenters. The normalized spacial score (nSPS) is 17.0. The van der Waals surface area contributed by atoms with E-state index in [1.54, 1.807) is 4.90 Å². The van der Waals surface area contributed by atoms with Gasteiger partial charge in [0.1, 0.15) is 13.1 Å². The van der Waals surface area contributed by atoms with Crippen molar-refractivity contribution in [3.8, 4) is 0 Å². The Labute approximate surface area is 185 Å². The van der Waals surface area contributed by atoms with Crippen LogP contribution in [0, 0.1) is 0 Å². The first-order valence-electron chi connectivity index (χ1n) is 10.1. The van der Waals surface area contributed by atoms with Crippen molar-refractivity contribution in [2.75, 3.05) is 50.0 Å². The number of nitrogens with one attached hydrogen (secondary N) is 2. The Morgan fingerprint density at radius 2 is 2.03 bits per heavy atom. The number of hydrogen-bond acceptors (Lipinski definition) is 4. The van der Waals surface area contributed by atoms with Crippen LogP contribution >= 0.6 is 23.4 Å². The van der Waals surface area contributed by atoms with Gasteiger partial charge < -0.3 is 19.9 Å². The summed E-state index contributed by atoms with van der Waals surface area (Å²) >= 11 is 7.61. The topological polar surface area (TPSA) is 63.1 Å². The maximum Gasteiger partial charge on any atom is 0.251 e. The Morgan fingerprint density at radius 3 is 2.83 bits per heavy atom. The van der Waals surface area contributed by atoms with Gasteiger partial charge in [-0.3, -0.25) is 9.59 Å². The lowest BCUT2D eigenvalue weighted by atomic mass is 10.1. The smallest absolute Gasteiger partial charge is 0.251 e. The number of morpholine rings is 1. The first-order chi connectivity index (χ1) is 14.6. The molecule has 2 heterocycles. The number of amides is 2. The Morgan fingerprint density at radius 1 is 1.20 bits per heavy atom. The maximum absolute atomic E-state index is 12.7. The van der Waals surface area contributed by atoms with Crippen molar-refractivity contribution < 1.29 is 19.2 Å². The number of fused-ring (bicyclic) bond motifs is 1. The van der Waals surface area contributed by atoms with E-state index in [1.807, 2.05) is 42.5 Å². The summed E-state index contributed by atoms with van der Waals surface area (Å²) in [6.07, 6.45) is 0. The lowest BCUT2D eigenvalue weighted by Gasteiger charge is -2.29. The molecule has 158 valence electrons. The number of hydrogen-bond donors (Lipinski definition) is 2. The van der Waals surface area contributed by atoms with E-state index in [1.165, 1.54) is 16.7 Å². The molecule has 6 nitrogen and oxygen atoms in total. The molecule has 0 saturated carbocycles. The van der Waals surface area contributed by atoms with Crippen LogP contribution in [0.5, 0.6) is 0 Å². The van der Waals surface area contributed by atoms with Crippen molar-refractivity contribution >= 4 is 40.9 Å². The molecule has 2 N–H and O–H groups in total. The minimum atomic E-state index is -0.115. The molecule has 1 fully saturated rings. The van der Waals surface area contributed by atoms with Crippen LogP contribution in [0.3, 0.4) is 0 Å². The van der Waals surface area contributed by atoms with E-state index in [2.05, 4.69) is 5.32 Å². The fraction of sp³-hybridized carbons (Fsp3) is 0.364. The average molecular weight is 447 g/mol. The van der Waals surface area contributed by atoms with Gasteiger partial charge in [-0.2, -0.15) is 0 Å². The van der Waals surface area contributed by atoms with Crippen LogP contribution in [0.1, 0.15) is 15.9 Å². The lowest BCUT2D eigenvalue weighted by Crippen LogP contribution is -3.14. The predicted molar refractivity (Wildman–Crippen MR) is 119 cm³/mol. The zero-order valence-electron chi connectivity index (χ0n) is 16.7. The first kappa shape index (κ1) is 21.2. The molecule has 2 aliphatic heterocycles. The van der Waals surface area contributed by atoms with Crippen LogP contribution in [0.2, 0.25) is 5.02 Å². The Kier molecular flexibility index (Phi) is 6.94. The van der Waals surface area contributed by atoms with Crippen LogP contribution in [0.15, 0.2) is 47.4 Å². The molecule has 2 amide bonds. The number of carbonyl (C=O) groups excluding carboxylic acids is 2. The second-order valence-electron chi connectivity index (χ2n) is 7.45. The third-order valence-corrected chi connectivity index (χ3v) is 6.64. The summed E-state index contributed by atoms with van der Waals surface area (Å²) < 4.78 is 5.37. The molecule has 4 rings (SSSR count). The van der Waals surface area contributed by atoms with Gasteiger partial charge >= 0.3 is 0 Å². The summed E-state index contributed by atoms with van der Waals surface area (Å²) in [5, 5.41) is 3.65. The van der Waals surface area contributed by atoms with Crippen LogP contribution in [0.4, 0.5) is 5.69 Å². The van der Waals surface area contributed by atoms with Gasteiger partial charge in [-0.05, 0) is 35.9 Å². The molecule has 0 spiro atoms. The zero-order valence-corrected chi connectivity index (χ0v) is 18.2. The summed E-state index contributed by atoms with van der Waals surface area (Å²) in [5.41, 5.74) is 2.30. The first-order valence-corrected chi connectivity index (χ1v) is 11.5. The number of quaternary nitrogens is 1. The molecule has 30 heavy (non-hydrogen) atoms. The van der Waals surface area contributed by atoms with E-state index in [4.69, 9.17) is 16.3 Å². The van der Waals surface area contributed by atoms with E-state index < -0.39 is 0 Å². The van der Waals surface area contributed by atoms with Crippen molar-refractivity contribution in [1.82, 2.24) is 5.32 Å². The van der Waals surface area contributed by atoms with Gasteiger partial charge in [0, 0.05) is 15.5 Å². The highest BCUT2D eigenvalue weighted by molar-refractivity contribution is 8.00. The Bertz CT molecular complexity index is 934. The third kappa shape index (κ3) is 5.16. The molecule has 1 saturated heterocycles. The average Bonchev–Trinajstić information content (AvgIpc) is 2.76. The molecule has 2 aromatic carbocycles. The second kappa shape index (κ2) is 9.83. The van der Waals surface area contributed by atoms with Gasteiger partial charge in [0.25, 0.3) is 5.91 Å². The monoisotopic (exact) mass is 446 g/mol. The molecule has 0 unspecified atom stereocenters. The number of halogens is 1. The highest BCUT2D eigenvalue weighted by Crippen LogP contribution is 2.37. The fourth-order valence-electron chi connectivity index (χ4n) is 3.70. The quantitative estimate of drug-likeness (QED) is 0.708. The maximum atomic E-state index is 12.7. The van der Waals surface area contributed by atoms with E-state index in [0.717, 1.165) is 49.0 Å². The molecule has 8 heteroatoms. The van der Waals surface area contributed by atoms with E-state index in [-0.39, 0.29) is 11.8 Å². The largest absolute Gasteiger partial charge is 0.370 e. The number of rotatable bonds is 6. The molecule has 0 aliphatic carbocycles. The SMILES string of the molecule is O=C(NCC[NH+]1CCOCC1)c1ccc2c(c1)N(Cc1cccc(Cl)c1)C(=O)CS2. The summed E-state index contributed by atoms with van der Waals surface area (Å²) in [6.45, 7) is 5.45.